The van der Waals surface area contributed by atoms with Crippen molar-refractivity contribution in [1.29, 1.82) is 0 Å². The van der Waals surface area contributed by atoms with Crippen LogP contribution in [0.3, 0.4) is 0 Å². The number of hydrogen-bond acceptors (Lipinski definition) is 7. The van der Waals surface area contributed by atoms with Gasteiger partial charge in [0.1, 0.15) is 0 Å². The third-order valence-corrected chi connectivity index (χ3v) is 9.32. The summed E-state index contributed by atoms with van der Waals surface area (Å²) in [7, 11) is -9.85. The predicted octanol–water partition coefficient (Wildman–Crippen LogP) is 7.16. The molecule has 0 fully saturated rings. The Kier molecular flexibility index (Phi) is 8.99. The maximum Gasteiger partial charge on any atom is 0.337 e. The largest absolute Gasteiger partial charge is 0.478 e. The predicted molar refractivity (Wildman–Crippen MR) is 176 cm³/mol. The number of hydrogen-bond donors (Lipinski definition) is 5. The Morgan fingerprint density at radius 3 is 1.74 bits per heavy atom. The fourth-order valence-electron chi connectivity index (χ4n) is 5.20. The highest BCUT2D eigenvalue weighted by Gasteiger charge is 2.28. The van der Waals surface area contributed by atoms with E-state index in [0.29, 0.717) is 28.6 Å². The molecule has 5 rings (SSSR count). The summed E-state index contributed by atoms with van der Waals surface area (Å²) < 4.78 is 68.8. The number of para-hydroxylation sites is 2. The molecule has 5 aromatic rings. The molecule has 0 amide bonds. The van der Waals surface area contributed by atoms with E-state index in [1.54, 1.807) is 42.5 Å². The molecule has 0 aliphatic carbocycles. The zero-order valence-electron chi connectivity index (χ0n) is 24.7. The normalized spacial score (nSPS) is 12.3. The maximum atomic E-state index is 12.6. The van der Waals surface area contributed by atoms with Crippen molar-refractivity contribution in [3.63, 3.8) is 0 Å². The Morgan fingerprint density at radius 1 is 0.630 bits per heavy atom. The summed E-state index contributed by atoms with van der Waals surface area (Å²) in [6, 6.07) is 29.5. The van der Waals surface area contributed by atoms with Crippen LogP contribution in [0.5, 0.6) is 0 Å². The van der Waals surface area contributed by atoms with Crippen LogP contribution >= 0.6 is 0 Å². The van der Waals surface area contributed by atoms with Crippen molar-refractivity contribution >= 4 is 49.0 Å². The molecule has 0 heterocycles. The van der Waals surface area contributed by atoms with Gasteiger partial charge in [0.25, 0.3) is 20.2 Å². The summed E-state index contributed by atoms with van der Waals surface area (Å²) in [5.74, 6) is -2.24. The van der Waals surface area contributed by atoms with Crippen molar-refractivity contribution in [2.45, 2.75) is 29.6 Å². The highest BCUT2D eigenvalue weighted by atomic mass is 32.2. The van der Waals surface area contributed by atoms with Gasteiger partial charge in [0, 0.05) is 23.0 Å². The van der Waals surface area contributed by atoms with Crippen molar-refractivity contribution in [3.8, 4) is 0 Å². The van der Waals surface area contributed by atoms with Crippen LogP contribution in [-0.2, 0) is 20.2 Å². The second-order valence-corrected chi connectivity index (χ2v) is 13.5. The number of rotatable bonds is 10. The summed E-state index contributed by atoms with van der Waals surface area (Å²) in [6.07, 6.45) is 0. The molecule has 236 valence electrons. The summed E-state index contributed by atoms with van der Waals surface area (Å²) in [5, 5.41) is 16.7. The minimum atomic E-state index is -5.03. The Morgan fingerprint density at radius 2 is 1.20 bits per heavy atom. The molecule has 0 saturated heterocycles. The first-order valence-corrected chi connectivity index (χ1v) is 16.8. The van der Waals surface area contributed by atoms with Gasteiger partial charge in [0.2, 0.25) is 0 Å². The molecule has 5 aromatic carbocycles. The number of benzene rings is 5. The Labute approximate surface area is 266 Å². The molecule has 0 aromatic heterocycles. The van der Waals surface area contributed by atoms with Crippen LogP contribution in [0, 0.1) is 13.8 Å². The third-order valence-electron chi connectivity index (χ3n) is 7.56. The van der Waals surface area contributed by atoms with Gasteiger partial charge in [0.05, 0.1) is 21.0 Å². The number of anilines is 4. The van der Waals surface area contributed by atoms with Crippen LogP contribution in [0.4, 0.5) is 22.7 Å². The first kappa shape index (κ1) is 32.4. The Balaban J connectivity index is 1.68. The molecule has 0 aliphatic rings. The number of carboxylic acids is 1. The fourth-order valence-corrected chi connectivity index (χ4v) is 6.54. The van der Waals surface area contributed by atoms with E-state index in [4.69, 9.17) is 0 Å². The molecule has 0 bridgehead atoms. The molecule has 46 heavy (non-hydrogen) atoms. The standard InChI is InChI=1S/C34H30N2O8S2/c1-21-7-3-5-9-29(21)35-25-14-11-23(12-15-25)33(27-17-16-26(45(39,40)41)20-32(27)46(42,43)44)24-13-18-31(28(19-24)34(37)38)36-30-10-6-4-8-22(30)2/h3-20,33,35-36H,1-2H3,(H,37,38)(H,39,40,41)(H,42,43,44). The van der Waals surface area contributed by atoms with E-state index < -0.39 is 41.9 Å². The maximum absolute atomic E-state index is 12.6. The SMILES string of the molecule is Cc1ccccc1Nc1ccc(C(c2ccc(Nc3ccccc3C)c(C(=O)O)c2)c2ccc(S(=O)(=O)O)cc2S(=O)(=O)O)cc1. The monoisotopic (exact) mass is 658 g/mol. The smallest absolute Gasteiger partial charge is 0.337 e. The summed E-state index contributed by atoms with van der Waals surface area (Å²) in [4.78, 5) is 11.0. The second-order valence-electron chi connectivity index (χ2n) is 10.7. The summed E-state index contributed by atoms with van der Waals surface area (Å²) in [6.45, 7) is 3.83. The summed E-state index contributed by atoms with van der Waals surface area (Å²) >= 11 is 0. The van der Waals surface area contributed by atoms with Gasteiger partial charge >= 0.3 is 5.97 Å². The van der Waals surface area contributed by atoms with Crippen LogP contribution in [0.2, 0.25) is 0 Å². The quantitative estimate of drug-likeness (QED) is 0.0766. The lowest BCUT2D eigenvalue weighted by molar-refractivity contribution is 0.0697. The van der Waals surface area contributed by atoms with Crippen LogP contribution in [0.1, 0.15) is 44.1 Å². The molecule has 1 unspecified atom stereocenters. The molecule has 0 spiro atoms. The highest BCUT2D eigenvalue weighted by molar-refractivity contribution is 7.86. The minimum absolute atomic E-state index is 0.0366. The van der Waals surface area contributed by atoms with Gasteiger partial charge in [-0.05, 0) is 90.2 Å². The molecular weight excluding hydrogens is 629 g/mol. The minimum Gasteiger partial charge on any atom is -0.478 e. The topological polar surface area (TPSA) is 170 Å². The average Bonchev–Trinajstić information content (AvgIpc) is 3.00. The molecular formula is C34H30N2O8S2. The van der Waals surface area contributed by atoms with E-state index in [1.165, 1.54) is 12.1 Å². The number of carbonyl (C=O) groups is 1. The number of aryl methyl sites for hydroxylation is 2. The molecule has 10 nitrogen and oxygen atoms in total. The molecule has 5 N–H and O–H groups in total. The van der Waals surface area contributed by atoms with Gasteiger partial charge < -0.3 is 15.7 Å². The van der Waals surface area contributed by atoms with Crippen molar-refractivity contribution in [2.75, 3.05) is 10.6 Å². The first-order chi connectivity index (χ1) is 21.7. The Bertz CT molecular complexity index is 2160. The Hall–Kier alpha value is -5.01. The van der Waals surface area contributed by atoms with Gasteiger partial charge in [-0.3, -0.25) is 9.11 Å². The van der Waals surface area contributed by atoms with Gasteiger partial charge in [-0.2, -0.15) is 16.8 Å². The highest BCUT2D eigenvalue weighted by Crippen LogP contribution is 2.39. The van der Waals surface area contributed by atoms with E-state index >= 15 is 0 Å². The third kappa shape index (κ3) is 7.11. The van der Waals surface area contributed by atoms with Gasteiger partial charge in [-0.1, -0.05) is 60.7 Å². The van der Waals surface area contributed by atoms with Gasteiger partial charge in [-0.15, -0.1) is 0 Å². The molecule has 0 radical (unpaired) electrons. The lowest BCUT2D eigenvalue weighted by Gasteiger charge is -2.23. The lowest BCUT2D eigenvalue weighted by Crippen LogP contribution is -2.13. The van der Waals surface area contributed by atoms with E-state index in [1.807, 2.05) is 56.3 Å². The zero-order valence-corrected chi connectivity index (χ0v) is 26.3. The van der Waals surface area contributed by atoms with Gasteiger partial charge in [-0.25, -0.2) is 4.79 Å². The van der Waals surface area contributed by atoms with E-state index in [0.717, 1.165) is 28.6 Å². The van der Waals surface area contributed by atoms with E-state index in [9.17, 15) is 35.8 Å². The average molecular weight is 659 g/mol. The van der Waals surface area contributed by atoms with E-state index in [-0.39, 0.29) is 11.1 Å². The van der Waals surface area contributed by atoms with Crippen molar-refractivity contribution in [3.05, 3.63) is 143 Å². The molecule has 0 saturated carbocycles. The van der Waals surface area contributed by atoms with Crippen molar-refractivity contribution < 1.29 is 35.8 Å². The first-order valence-electron chi connectivity index (χ1n) is 13.9. The lowest BCUT2D eigenvalue weighted by atomic mass is 9.84. The van der Waals surface area contributed by atoms with Crippen LogP contribution in [-0.4, -0.2) is 37.0 Å². The molecule has 1 atom stereocenters. The van der Waals surface area contributed by atoms with Crippen LogP contribution < -0.4 is 10.6 Å². The van der Waals surface area contributed by atoms with Gasteiger partial charge in [0.15, 0.2) is 0 Å². The van der Waals surface area contributed by atoms with Crippen molar-refractivity contribution in [1.82, 2.24) is 0 Å². The summed E-state index contributed by atoms with van der Waals surface area (Å²) in [5.41, 5.74) is 5.20. The number of carboxylic acid groups (broad SMARTS) is 1. The zero-order chi connectivity index (χ0) is 33.2. The number of nitrogens with one attached hydrogen (secondary N) is 2. The van der Waals surface area contributed by atoms with Crippen LogP contribution in [0.25, 0.3) is 0 Å². The number of aromatic carboxylic acids is 1. The molecule has 0 aliphatic heterocycles. The van der Waals surface area contributed by atoms with E-state index in [2.05, 4.69) is 10.6 Å². The van der Waals surface area contributed by atoms with Crippen LogP contribution in [0.15, 0.2) is 119 Å². The fraction of sp³-hybridized carbons (Fsp3) is 0.0882. The molecule has 12 heteroatoms. The van der Waals surface area contributed by atoms with Crippen molar-refractivity contribution in [2.24, 2.45) is 0 Å². The second kappa shape index (κ2) is 12.8.